The maximum Gasteiger partial charge on any atom is 0.379 e. The number of halogens is 2. The SMILES string of the molecule is CC(=O)C1=C(C)NC(C)=C(C(=O)C(=O)OC(C)(C)C)C1CCc1cccc(Cl)c1Cl. The number of ketones is 2. The normalized spacial score (nSPS) is 17.0. The summed E-state index contributed by atoms with van der Waals surface area (Å²) in [7, 11) is 0. The van der Waals surface area contributed by atoms with E-state index in [-0.39, 0.29) is 11.4 Å². The minimum atomic E-state index is -0.938. The highest BCUT2D eigenvalue weighted by atomic mass is 35.5. The van der Waals surface area contributed by atoms with Gasteiger partial charge in [-0.05, 0) is 66.0 Å². The van der Waals surface area contributed by atoms with Crippen molar-refractivity contribution in [3.05, 3.63) is 56.3 Å². The molecular formula is C23H27Cl2NO4. The molecule has 162 valence electrons. The van der Waals surface area contributed by atoms with Crippen LogP contribution in [-0.2, 0) is 25.5 Å². The average molecular weight is 452 g/mol. The van der Waals surface area contributed by atoms with E-state index in [4.69, 9.17) is 27.9 Å². The number of hydrogen-bond acceptors (Lipinski definition) is 5. The van der Waals surface area contributed by atoms with Gasteiger partial charge >= 0.3 is 5.97 Å². The third-order valence-electron chi connectivity index (χ3n) is 4.82. The number of carbonyl (C=O) groups excluding carboxylic acids is 3. The highest BCUT2D eigenvalue weighted by molar-refractivity contribution is 6.42. The molecule has 0 aliphatic carbocycles. The molecule has 5 nitrogen and oxygen atoms in total. The summed E-state index contributed by atoms with van der Waals surface area (Å²) < 4.78 is 5.28. The summed E-state index contributed by atoms with van der Waals surface area (Å²) in [5, 5.41) is 3.95. The molecule has 0 amide bonds. The highest BCUT2D eigenvalue weighted by Gasteiger charge is 2.37. The molecule has 1 unspecified atom stereocenters. The van der Waals surface area contributed by atoms with Gasteiger partial charge in [-0.25, -0.2) is 4.79 Å². The Bertz CT molecular complexity index is 954. The van der Waals surface area contributed by atoms with Crippen LogP contribution in [0.4, 0.5) is 0 Å². The maximum atomic E-state index is 13.1. The summed E-state index contributed by atoms with van der Waals surface area (Å²) in [6.45, 7) is 10.1. The topological polar surface area (TPSA) is 72.5 Å². The molecule has 1 N–H and O–H groups in total. The molecule has 0 radical (unpaired) electrons. The van der Waals surface area contributed by atoms with Crippen molar-refractivity contribution in [3.8, 4) is 0 Å². The number of Topliss-reactive ketones (excluding diaryl/α,β-unsaturated/α-hetero) is 2. The minimum Gasteiger partial charge on any atom is -0.454 e. The third-order valence-corrected chi connectivity index (χ3v) is 5.68. The van der Waals surface area contributed by atoms with Crippen LogP contribution in [0.1, 0.15) is 53.5 Å². The van der Waals surface area contributed by atoms with E-state index < -0.39 is 23.3 Å². The van der Waals surface area contributed by atoms with Crippen LogP contribution in [0.5, 0.6) is 0 Å². The summed E-state index contributed by atoms with van der Waals surface area (Å²) in [6.07, 6.45) is 0.891. The predicted octanol–water partition coefficient (Wildman–Crippen LogP) is 5.19. The molecule has 1 heterocycles. The highest BCUT2D eigenvalue weighted by Crippen LogP contribution is 2.36. The van der Waals surface area contributed by atoms with Gasteiger partial charge in [0.05, 0.1) is 10.0 Å². The lowest BCUT2D eigenvalue weighted by Crippen LogP contribution is -2.37. The first-order valence-electron chi connectivity index (χ1n) is 9.73. The second-order valence-corrected chi connectivity index (χ2v) is 9.18. The fraction of sp³-hybridized carbons (Fsp3) is 0.435. The van der Waals surface area contributed by atoms with E-state index in [9.17, 15) is 14.4 Å². The van der Waals surface area contributed by atoms with E-state index in [1.807, 2.05) is 6.07 Å². The first-order chi connectivity index (χ1) is 13.8. The van der Waals surface area contributed by atoms with Crippen LogP contribution in [0.2, 0.25) is 10.0 Å². The maximum absolute atomic E-state index is 13.1. The Balaban J connectivity index is 2.43. The molecule has 30 heavy (non-hydrogen) atoms. The van der Waals surface area contributed by atoms with Crippen molar-refractivity contribution in [3.63, 3.8) is 0 Å². The molecular weight excluding hydrogens is 425 g/mol. The van der Waals surface area contributed by atoms with Crippen LogP contribution in [0.15, 0.2) is 40.7 Å². The average Bonchev–Trinajstić information content (AvgIpc) is 2.60. The van der Waals surface area contributed by atoms with Crippen molar-refractivity contribution in [2.24, 2.45) is 5.92 Å². The van der Waals surface area contributed by atoms with Crippen LogP contribution in [0.3, 0.4) is 0 Å². The fourth-order valence-electron chi connectivity index (χ4n) is 3.69. The summed E-state index contributed by atoms with van der Waals surface area (Å²) in [4.78, 5) is 38.0. The Morgan fingerprint density at radius 1 is 1.07 bits per heavy atom. The van der Waals surface area contributed by atoms with Crippen molar-refractivity contribution in [2.75, 3.05) is 0 Å². The second-order valence-electron chi connectivity index (χ2n) is 8.39. The van der Waals surface area contributed by atoms with E-state index in [1.165, 1.54) is 6.92 Å². The van der Waals surface area contributed by atoms with Crippen LogP contribution in [0, 0.1) is 5.92 Å². The van der Waals surface area contributed by atoms with Gasteiger partial charge in [-0.15, -0.1) is 0 Å². The molecule has 0 spiro atoms. The zero-order valence-electron chi connectivity index (χ0n) is 18.1. The molecule has 1 aromatic rings. The van der Waals surface area contributed by atoms with E-state index in [2.05, 4.69) is 5.32 Å². The monoisotopic (exact) mass is 451 g/mol. The van der Waals surface area contributed by atoms with Crippen LogP contribution < -0.4 is 5.32 Å². The molecule has 0 saturated heterocycles. The van der Waals surface area contributed by atoms with Crippen molar-refractivity contribution in [1.82, 2.24) is 5.32 Å². The van der Waals surface area contributed by atoms with E-state index in [0.717, 1.165) is 5.56 Å². The summed E-state index contributed by atoms with van der Waals surface area (Å²) >= 11 is 12.4. The van der Waals surface area contributed by atoms with Crippen LogP contribution in [0.25, 0.3) is 0 Å². The summed E-state index contributed by atoms with van der Waals surface area (Å²) in [6, 6.07) is 5.35. The third kappa shape index (κ3) is 5.52. The van der Waals surface area contributed by atoms with Crippen molar-refractivity contribution >= 4 is 40.7 Å². The lowest BCUT2D eigenvalue weighted by atomic mass is 9.78. The Hall–Kier alpha value is -2.11. The molecule has 0 aromatic heterocycles. The van der Waals surface area contributed by atoms with Crippen molar-refractivity contribution < 1.29 is 19.1 Å². The number of aryl methyl sites for hydroxylation is 1. The quantitative estimate of drug-likeness (QED) is 0.475. The Kier molecular flexibility index (Phi) is 7.54. The van der Waals surface area contributed by atoms with E-state index in [1.54, 1.807) is 46.8 Å². The zero-order chi connectivity index (χ0) is 22.8. The number of rotatable bonds is 6. The number of hydrogen-bond donors (Lipinski definition) is 1. The van der Waals surface area contributed by atoms with Gasteiger partial charge in [0.1, 0.15) is 5.60 Å². The first-order valence-corrected chi connectivity index (χ1v) is 10.5. The van der Waals surface area contributed by atoms with Gasteiger partial charge in [-0.2, -0.15) is 0 Å². The lowest BCUT2D eigenvalue weighted by molar-refractivity contribution is -0.161. The van der Waals surface area contributed by atoms with Crippen molar-refractivity contribution in [1.29, 1.82) is 0 Å². The zero-order valence-corrected chi connectivity index (χ0v) is 19.6. The van der Waals surface area contributed by atoms with Gasteiger partial charge in [0, 0.05) is 28.5 Å². The van der Waals surface area contributed by atoms with Gasteiger partial charge in [-0.1, -0.05) is 35.3 Å². The largest absolute Gasteiger partial charge is 0.454 e. The van der Waals surface area contributed by atoms with Crippen molar-refractivity contribution in [2.45, 2.75) is 60.0 Å². The number of nitrogens with one attached hydrogen (secondary N) is 1. The number of esters is 1. The molecule has 0 fully saturated rings. The standard InChI is InChI=1S/C23H27Cl2NO4/c1-12-18(14(3)27)16(11-10-15-8-7-9-17(24)20(15)25)19(13(2)26-12)21(28)22(29)30-23(4,5)6/h7-9,16,26H,10-11H2,1-6H3. The van der Waals surface area contributed by atoms with Crippen LogP contribution >= 0.6 is 23.2 Å². The minimum absolute atomic E-state index is 0.163. The smallest absolute Gasteiger partial charge is 0.379 e. The Labute approximate surface area is 187 Å². The van der Waals surface area contributed by atoms with E-state index >= 15 is 0 Å². The molecule has 1 atom stereocenters. The lowest BCUT2D eigenvalue weighted by Gasteiger charge is -2.31. The van der Waals surface area contributed by atoms with E-state index in [0.29, 0.717) is 39.9 Å². The molecule has 0 saturated carbocycles. The fourth-order valence-corrected chi connectivity index (χ4v) is 4.10. The predicted molar refractivity (Wildman–Crippen MR) is 118 cm³/mol. The number of allylic oxidation sites excluding steroid dienone is 3. The molecule has 1 aliphatic heterocycles. The van der Waals surface area contributed by atoms with Gasteiger partial charge < -0.3 is 10.1 Å². The Morgan fingerprint density at radius 2 is 1.67 bits per heavy atom. The molecule has 1 aliphatic rings. The molecule has 2 rings (SSSR count). The number of benzene rings is 1. The number of carbonyl (C=O) groups is 3. The number of dihydropyridines is 1. The molecule has 1 aromatic carbocycles. The second kappa shape index (κ2) is 9.36. The summed E-state index contributed by atoms with van der Waals surface area (Å²) in [5.41, 5.74) is 1.94. The first kappa shape index (κ1) is 24.2. The Morgan fingerprint density at radius 3 is 2.23 bits per heavy atom. The van der Waals surface area contributed by atoms with Gasteiger partial charge in [0.2, 0.25) is 0 Å². The number of ether oxygens (including phenoxy) is 1. The van der Waals surface area contributed by atoms with Gasteiger partial charge in [0.25, 0.3) is 5.78 Å². The van der Waals surface area contributed by atoms with Gasteiger partial charge in [-0.3, -0.25) is 9.59 Å². The molecule has 0 bridgehead atoms. The van der Waals surface area contributed by atoms with Gasteiger partial charge in [0.15, 0.2) is 5.78 Å². The summed E-state index contributed by atoms with van der Waals surface area (Å²) in [5.74, 6) is -2.40. The van der Waals surface area contributed by atoms with Crippen LogP contribution in [-0.4, -0.2) is 23.1 Å². The molecule has 7 heteroatoms.